The largest absolute Gasteiger partial charge is 0.435 e. The molecule has 7 rings (SSSR count). The van der Waals surface area contributed by atoms with Gasteiger partial charge in [-0.25, -0.2) is 29.3 Å². The number of anilines is 6. The quantitative estimate of drug-likeness (QED) is 0.111. The Morgan fingerprint density at radius 2 is 1.29 bits per heavy atom. The Hall–Kier alpha value is -6.92. The van der Waals surface area contributed by atoms with Crippen molar-refractivity contribution in [2.75, 3.05) is 22.1 Å². The highest BCUT2D eigenvalue weighted by molar-refractivity contribution is 5.68. The van der Waals surface area contributed by atoms with Crippen LogP contribution < -0.4 is 26.8 Å². The summed E-state index contributed by atoms with van der Waals surface area (Å²) in [5, 5.41) is 10.3. The van der Waals surface area contributed by atoms with E-state index in [1.165, 1.54) is 48.7 Å². The van der Waals surface area contributed by atoms with Crippen LogP contribution in [0.25, 0.3) is 28.6 Å². The monoisotopic (exact) mass is 762 g/mol. The summed E-state index contributed by atoms with van der Waals surface area (Å²) in [5.41, 5.74) is 16.2. The van der Waals surface area contributed by atoms with Crippen LogP contribution in [0.1, 0.15) is 22.6 Å². The number of halogens is 6. The van der Waals surface area contributed by atoms with Gasteiger partial charge in [0.1, 0.15) is 46.2 Å². The third-order valence-corrected chi connectivity index (χ3v) is 8.03. The number of nitrogen functional groups attached to an aromatic ring is 2. The molecule has 284 valence electrons. The fraction of sp³-hybridized carbons (Fsp3) is 0.167. The average Bonchev–Trinajstić information content (AvgIpc) is 3.56. The number of rotatable bonds is 8. The van der Waals surface area contributed by atoms with Crippen molar-refractivity contribution in [3.63, 3.8) is 0 Å². The third kappa shape index (κ3) is 8.83. The molecular formula is C36H32F6N12O. The van der Waals surface area contributed by atoms with Crippen LogP contribution in [0, 0.1) is 26.6 Å². The molecule has 0 spiro atoms. The molecule has 0 unspecified atom stereocenters. The van der Waals surface area contributed by atoms with Crippen molar-refractivity contribution < 1.29 is 31.1 Å². The molecule has 0 radical (unpaired) electrons. The molecule has 0 bridgehead atoms. The summed E-state index contributed by atoms with van der Waals surface area (Å²) in [4.78, 5) is 21.8. The highest BCUT2D eigenvalue weighted by Crippen LogP contribution is 2.32. The second-order valence-corrected chi connectivity index (χ2v) is 12.0. The van der Waals surface area contributed by atoms with Crippen molar-refractivity contribution in [2.24, 2.45) is 7.05 Å². The lowest BCUT2D eigenvalue weighted by Gasteiger charge is -2.10. The number of aromatic nitrogens is 8. The molecule has 55 heavy (non-hydrogen) atoms. The van der Waals surface area contributed by atoms with Gasteiger partial charge in [0.2, 0.25) is 0 Å². The molecule has 19 heteroatoms. The minimum absolute atomic E-state index is 0.0387. The summed E-state index contributed by atoms with van der Waals surface area (Å²) in [7, 11) is 1.82. The first kappa shape index (κ1) is 37.8. The van der Waals surface area contributed by atoms with Crippen molar-refractivity contribution in [1.29, 1.82) is 0 Å². The summed E-state index contributed by atoms with van der Waals surface area (Å²) in [6, 6.07) is 16.5. The first-order valence-electron chi connectivity index (χ1n) is 16.2. The highest BCUT2D eigenvalue weighted by Gasteiger charge is 2.30. The molecule has 0 aliphatic rings. The molecule has 0 fully saturated rings. The van der Waals surface area contributed by atoms with Gasteiger partial charge in [0.25, 0.3) is 0 Å². The van der Waals surface area contributed by atoms with E-state index in [0.717, 1.165) is 29.1 Å². The number of nitrogens with one attached hydrogen (secondary N) is 2. The van der Waals surface area contributed by atoms with Gasteiger partial charge in [0.05, 0.1) is 22.5 Å². The van der Waals surface area contributed by atoms with Crippen LogP contribution in [0.2, 0.25) is 0 Å². The molecule has 5 aromatic heterocycles. The molecule has 0 aliphatic heterocycles. The van der Waals surface area contributed by atoms with Crippen molar-refractivity contribution in [2.45, 2.75) is 33.6 Å². The first-order chi connectivity index (χ1) is 26.0. The number of alkyl halides is 5. The van der Waals surface area contributed by atoms with E-state index in [1.54, 1.807) is 34.2 Å². The molecule has 0 saturated heterocycles. The Bertz CT molecular complexity index is 2460. The van der Waals surface area contributed by atoms with E-state index in [-0.39, 0.29) is 23.2 Å². The molecule has 0 atom stereocenters. The summed E-state index contributed by atoms with van der Waals surface area (Å²) < 4.78 is 83.8. The number of imidazole rings is 1. The van der Waals surface area contributed by atoms with Gasteiger partial charge in [0.15, 0.2) is 11.6 Å². The van der Waals surface area contributed by atoms with Crippen LogP contribution in [-0.2, 0) is 13.2 Å². The van der Waals surface area contributed by atoms with Gasteiger partial charge in [-0.15, -0.1) is 0 Å². The van der Waals surface area contributed by atoms with Gasteiger partial charge in [-0.3, -0.25) is 9.08 Å². The number of hydrogen-bond acceptors (Lipinski definition) is 11. The minimum atomic E-state index is -4.37. The van der Waals surface area contributed by atoms with Crippen LogP contribution in [0.4, 0.5) is 61.0 Å². The minimum Gasteiger partial charge on any atom is -0.435 e. The molecule has 7 aromatic rings. The van der Waals surface area contributed by atoms with Crippen molar-refractivity contribution in [3.05, 3.63) is 107 Å². The van der Waals surface area contributed by atoms with Crippen LogP contribution in [0.15, 0.2) is 79.0 Å². The molecular weight excluding hydrogens is 730 g/mol. The molecule has 0 saturated carbocycles. The number of pyridine rings is 1. The van der Waals surface area contributed by atoms with Gasteiger partial charge in [0, 0.05) is 42.4 Å². The molecule has 5 heterocycles. The predicted molar refractivity (Wildman–Crippen MR) is 195 cm³/mol. The summed E-state index contributed by atoms with van der Waals surface area (Å²) in [6.07, 6.45) is -3.08. The first-order valence-corrected chi connectivity index (χ1v) is 16.2. The van der Waals surface area contributed by atoms with Crippen molar-refractivity contribution in [3.8, 4) is 28.7 Å². The highest BCUT2D eigenvalue weighted by atomic mass is 19.4. The fourth-order valence-electron chi connectivity index (χ4n) is 5.54. The fourth-order valence-corrected chi connectivity index (χ4v) is 5.54. The Kier molecular flexibility index (Phi) is 10.5. The topological polar surface area (TPSA) is 172 Å². The maximum atomic E-state index is 13.7. The average molecular weight is 763 g/mol. The van der Waals surface area contributed by atoms with Gasteiger partial charge >= 0.3 is 12.8 Å². The molecule has 13 nitrogen and oxygen atoms in total. The van der Waals surface area contributed by atoms with Crippen LogP contribution in [-0.4, -0.2) is 45.7 Å². The van der Waals surface area contributed by atoms with E-state index in [4.69, 9.17) is 11.5 Å². The molecule has 0 amide bonds. The maximum absolute atomic E-state index is 13.7. The number of benzene rings is 2. The van der Waals surface area contributed by atoms with Gasteiger partial charge in [-0.1, -0.05) is 0 Å². The zero-order valence-electron chi connectivity index (χ0n) is 29.5. The number of aryl methyl sites for hydroxylation is 3. The van der Waals surface area contributed by atoms with E-state index in [1.807, 2.05) is 20.9 Å². The van der Waals surface area contributed by atoms with Crippen molar-refractivity contribution >= 4 is 40.3 Å². The second kappa shape index (κ2) is 15.2. The zero-order valence-corrected chi connectivity index (χ0v) is 29.5. The van der Waals surface area contributed by atoms with Crippen molar-refractivity contribution in [1.82, 2.24) is 39.1 Å². The lowest BCUT2D eigenvalue weighted by atomic mass is 10.2. The number of nitrogens with two attached hydrogens (primary N) is 2. The van der Waals surface area contributed by atoms with Crippen LogP contribution >= 0.6 is 0 Å². The standard InChI is InChI=1S/C19H15F3N6O.C17H17F3N6/c1-10-17(28-9-11(20)2-7-16(28)24-10)18-26-14(23)8-15(27-18)25-12-3-5-13(6-4-12)29-19(21)22;1-9-15(10(2)26(3)25-9)16-23-13(21)8-14(24-16)22-12-6-4-11(5-7-12)17(18,19)20/h2-9,19H,1H3,(H3,23,25,26,27);4-8H,1-3H3,(H3,21,22,23,24). The van der Waals surface area contributed by atoms with E-state index in [2.05, 4.69) is 45.4 Å². The summed E-state index contributed by atoms with van der Waals surface area (Å²) >= 11 is 0. The Morgan fingerprint density at radius 3 is 1.84 bits per heavy atom. The van der Waals surface area contributed by atoms with Crippen LogP contribution in [0.3, 0.4) is 0 Å². The molecule has 0 aliphatic carbocycles. The Balaban J connectivity index is 0.000000188. The maximum Gasteiger partial charge on any atom is 0.416 e. The normalized spacial score (nSPS) is 11.4. The Morgan fingerprint density at radius 1 is 0.727 bits per heavy atom. The number of hydrogen-bond donors (Lipinski definition) is 4. The van der Waals surface area contributed by atoms with Crippen LogP contribution in [0.5, 0.6) is 5.75 Å². The third-order valence-electron chi connectivity index (χ3n) is 8.03. The van der Waals surface area contributed by atoms with E-state index < -0.39 is 24.2 Å². The second-order valence-electron chi connectivity index (χ2n) is 12.0. The number of ether oxygens (including phenoxy) is 1. The zero-order chi connectivity index (χ0) is 39.6. The Labute approximate surface area is 309 Å². The summed E-state index contributed by atoms with van der Waals surface area (Å²) in [5.74, 6) is 1.48. The van der Waals surface area contributed by atoms with E-state index in [9.17, 15) is 26.3 Å². The smallest absolute Gasteiger partial charge is 0.416 e. The van der Waals surface area contributed by atoms with Gasteiger partial charge in [-0.05, 0) is 81.4 Å². The van der Waals surface area contributed by atoms with Gasteiger partial charge < -0.3 is 26.8 Å². The number of nitrogens with zero attached hydrogens (tertiary/aromatic N) is 8. The lowest BCUT2D eigenvalue weighted by molar-refractivity contribution is -0.137. The van der Waals surface area contributed by atoms with E-state index in [0.29, 0.717) is 45.9 Å². The number of fused-ring (bicyclic) bond motifs is 1. The summed E-state index contributed by atoms with van der Waals surface area (Å²) in [6.45, 7) is 2.61. The van der Waals surface area contributed by atoms with Gasteiger partial charge in [-0.2, -0.15) is 27.1 Å². The van der Waals surface area contributed by atoms with E-state index >= 15 is 0 Å². The molecule has 2 aromatic carbocycles. The molecule has 6 N–H and O–H groups in total. The lowest BCUT2D eigenvalue weighted by Crippen LogP contribution is -2.05. The predicted octanol–water partition coefficient (Wildman–Crippen LogP) is 8.00. The SMILES string of the molecule is Cc1nc2ccc(F)cn2c1-c1nc(N)cc(Nc2ccc(OC(F)F)cc2)n1.Cc1nn(C)c(C)c1-c1nc(N)cc(Nc2ccc(C(F)(F)F)cc2)n1.